The van der Waals surface area contributed by atoms with Crippen LogP contribution in [0, 0.1) is 6.92 Å². The molecule has 0 spiro atoms. The number of carboxylic acid groups (broad SMARTS) is 1. The van der Waals surface area contributed by atoms with Crippen molar-refractivity contribution in [3.8, 4) is 11.4 Å². The van der Waals surface area contributed by atoms with E-state index in [2.05, 4.69) is 20.8 Å². The van der Waals surface area contributed by atoms with E-state index >= 15 is 0 Å². The van der Waals surface area contributed by atoms with Crippen LogP contribution < -0.4 is 0 Å². The normalized spacial score (nSPS) is 17.0. The van der Waals surface area contributed by atoms with Crippen molar-refractivity contribution < 1.29 is 14.4 Å². The Hall–Kier alpha value is -2.63. The lowest BCUT2D eigenvalue weighted by molar-refractivity contribution is -0.137. The summed E-state index contributed by atoms with van der Waals surface area (Å²) >= 11 is 0. The van der Waals surface area contributed by atoms with Crippen LogP contribution in [0.1, 0.15) is 30.3 Å². The third-order valence-electron chi connectivity index (χ3n) is 4.26. The maximum Gasteiger partial charge on any atom is 0.304 e. The first-order valence-corrected chi connectivity index (χ1v) is 7.27. The van der Waals surface area contributed by atoms with Crippen LogP contribution in [0.3, 0.4) is 0 Å². The first-order chi connectivity index (χ1) is 10.6. The Morgan fingerprint density at radius 3 is 3.05 bits per heavy atom. The quantitative estimate of drug-likeness (QED) is 0.803. The largest absolute Gasteiger partial charge is 0.481 e. The second kappa shape index (κ2) is 4.69. The summed E-state index contributed by atoms with van der Waals surface area (Å²) in [6.45, 7) is 2.63. The SMILES string of the molecule is Cc1nc(-c2ccc3c(c2)cc2n3CC[C@H]2CC(=O)O)no1. The number of hydrogen-bond acceptors (Lipinski definition) is 4. The summed E-state index contributed by atoms with van der Waals surface area (Å²) in [5, 5.41) is 14.1. The van der Waals surface area contributed by atoms with Gasteiger partial charge in [-0.2, -0.15) is 4.98 Å². The van der Waals surface area contributed by atoms with E-state index in [0.29, 0.717) is 11.7 Å². The van der Waals surface area contributed by atoms with Crippen molar-refractivity contribution in [1.82, 2.24) is 14.7 Å². The van der Waals surface area contributed by atoms with Gasteiger partial charge in [0.1, 0.15) is 0 Å². The molecule has 3 aromatic rings. The van der Waals surface area contributed by atoms with Gasteiger partial charge in [-0.05, 0) is 30.7 Å². The first-order valence-electron chi connectivity index (χ1n) is 7.27. The molecule has 0 saturated heterocycles. The monoisotopic (exact) mass is 297 g/mol. The highest BCUT2D eigenvalue weighted by Crippen LogP contribution is 2.37. The average Bonchev–Trinajstić information content (AvgIpc) is 3.14. The van der Waals surface area contributed by atoms with E-state index in [1.54, 1.807) is 6.92 Å². The summed E-state index contributed by atoms with van der Waals surface area (Å²) in [4.78, 5) is 15.2. The highest BCUT2D eigenvalue weighted by atomic mass is 16.5. The molecule has 1 aromatic carbocycles. The minimum absolute atomic E-state index is 0.0979. The summed E-state index contributed by atoms with van der Waals surface area (Å²) in [5.41, 5.74) is 3.15. The number of aryl methyl sites for hydroxylation is 2. The van der Waals surface area contributed by atoms with Gasteiger partial charge in [-0.3, -0.25) is 4.79 Å². The fraction of sp³-hybridized carbons (Fsp3) is 0.312. The molecular weight excluding hydrogens is 282 g/mol. The number of carboxylic acids is 1. The standard InChI is InChI=1S/C16H15N3O3/c1-9-17-16(18-22-9)11-2-3-13-12(6-11)7-14-10(8-15(20)21)4-5-19(13)14/h2-3,6-7,10H,4-5,8H2,1H3,(H,20,21)/t10-/m0/s1. The van der Waals surface area contributed by atoms with E-state index in [0.717, 1.165) is 35.1 Å². The summed E-state index contributed by atoms with van der Waals surface area (Å²) in [6, 6.07) is 8.14. The lowest BCUT2D eigenvalue weighted by Crippen LogP contribution is -2.02. The average molecular weight is 297 g/mol. The molecule has 22 heavy (non-hydrogen) atoms. The number of hydrogen-bond donors (Lipinski definition) is 1. The number of carbonyl (C=O) groups is 1. The number of aliphatic carboxylic acids is 1. The van der Waals surface area contributed by atoms with Crippen LogP contribution in [0.25, 0.3) is 22.3 Å². The third-order valence-corrected chi connectivity index (χ3v) is 4.26. The molecule has 1 aliphatic heterocycles. The van der Waals surface area contributed by atoms with Crippen molar-refractivity contribution in [2.45, 2.75) is 32.2 Å². The van der Waals surface area contributed by atoms with Crippen molar-refractivity contribution in [2.75, 3.05) is 0 Å². The Morgan fingerprint density at radius 2 is 2.32 bits per heavy atom. The Kier molecular flexibility index (Phi) is 2.79. The fourth-order valence-electron chi connectivity index (χ4n) is 3.29. The van der Waals surface area contributed by atoms with Crippen LogP contribution in [0.5, 0.6) is 0 Å². The van der Waals surface area contributed by atoms with Crippen molar-refractivity contribution in [2.24, 2.45) is 0 Å². The van der Waals surface area contributed by atoms with E-state index in [4.69, 9.17) is 9.63 Å². The summed E-state index contributed by atoms with van der Waals surface area (Å²) < 4.78 is 7.24. The molecule has 1 aliphatic rings. The molecule has 4 rings (SSSR count). The molecule has 0 radical (unpaired) electrons. The van der Waals surface area contributed by atoms with Crippen LogP contribution in [-0.4, -0.2) is 25.8 Å². The van der Waals surface area contributed by atoms with Gasteiger partial charge in [-0.25, -0.2) is 0 Å². The molecule has 1 N–H and O–H groups in total. The van der Waals surface area contributed by atoms with Gasteiger partial charge in [0.15, 0.2) is 0 Å². The molecular formula is C16H15N3O3. The molecule has 112 valence electrons. The third kappa shape index (κ3) is 1.99. The predicted molar refractivity (Wildman–Crippen MR) is 79.6 cm³/mol. The van der Waals surface area contributed by atoms with Gasteiger partial charge in [0.2, 0.25) is 11.7 Å². The Bertz CT molecular complexity index is 878. The molecule has 0 unspecified atom stereocenters. The predicted octanol–water partition coefficient (Wildman–Crippen LogP) is 2.96. The van der Waals surface area contributed by atoms with E-state index < -0.39 is 5.97 Å². The molecule has 0 amide bonds. The lowest BCUT2D eigenvalue weighted by atomic mass is 10.0. The first kappa shape index (κ1) is 13.1. The Morgan fingerprint density at radius 1 is 1.45 bits per heavy atom. The molecule has 0 aliphatic carbocycles. The highest BCUT2D eigenvalue weighted by molar-refractivity contribution is 5.86. The molecule has 3 heterocycles. The van der Waals surface area contributed by atoms with Crippen LogP contribution in [0.4, 0.5) is 0 Å². The lowest BCUT2D eigenvalue weighted by Gasteiger charge is -2.04. The van der Waals surface area contributed by atoms with Crippen molar-refractivity contribution in [1.29, 1.82) is 0 Å². The van der Waals surface area contributed by atoms with Gasteiger partial charge >= 0.3 is 5.97 Å². The van der Waals surface area contributed by atoms with Crippen LogP contribution in [0.15, 0.2) is 28.8 Å². The second-order valence-electron chi connectivity index (χ2n) is 5.71. The van der Waals surface area contributed by atoms with Crippen molar-refractivity contribution in [3.05, 3.63) is 35.9 Å². The smallest absolute Gasteiger partial charge is 0.304 e. The van der Waals surface area contributed by atoms with Gasteiger partial charge in [0.05, 0.1) is 6.42 Å². The molecule has 0 saturated carbocycles. The van der Waals surface area contributed by atoms with Gasteiger partial charge in [0.25, 0.3) is 0 Å². The van der Waals surface area contributed by atoms with E-state index in [9.17, 15) is 4.79 Å². The highest BCUT2D eigenvalue weighted by Gasteiger charge is 2.26. The minimum Gasteiger partial charge on any atom is -0.481 e. The molecule has 2 aromatic heterocycles. The number of benzene rings is 1. The Balaban J connectivity index is 1.78. The van der Waals surface area contributed by atoms with Crippen molar-refractivity contribution >= 4 is 16.9 Å². The summed E-state index contributed by atoms with van der Waals surface area (Å²) in [5.74, 6) is 0.469. The molecule has 6 heteroatoms. The number of rotatable bonds is 3. The second-order valence-corrected chi connectivity index (χ2v) is 5.71. The number of nitrogens with zero attached hydrogens (tertiary/aromatic N) is 3. The zero-order valence-electron chi connectivity index (χ0n) is 12.1. The fourth-order valence-corrected chi connectivity index (χ4v) is 3.29. The van der Waals surface area contributed by atoms with E-state index in [1.807, 2.05) is 18.2 Å². The maximum absolute atomic E-state index is 11.0. The summed E-state index contributed by atoms with van der Waals surface area (Å²) in [6.07, 6.45) is 1.08. The zero-order valence-corrected chi connectivity index (χ0v) is 12.1. The van der Waals surface area contributed by atoms with E-state index in [-0.39, 0.29) is 12.3 Å². The van der Waals surface area contributed by atoms with Gasteiger partial charge in [-0.1, -0.05) is 5.16 Å². The van der Waals surface area contributed by atoms with Crippen LogP contribution in [-0.2, 0) is 11.3 Å². The van der Waals surface area contributed by atoms with E-state index in [1.165, 1.54) is 0 Å². The molecule has 0 fully saturated rings. The van der Waals surface area contributed by atoms with Crippen LogP contribution in [0.2, 0.25) is 0 Å². The van der Waals surface area contributed by atoms with Gasteiger partial charge in [0, 0.05) is 41.5 Å². The zero-order chi connectivity index (χ0) is 15.3. The topological polar surface area (TPSA) is 81.2 Å². The summed E-state index contributed by atoms with van der Waals surface area (Å²) in [7, 11) is 0. The Labute approximate surface area is 126 Å². The van der Waals surface area contributed by atoms with Gasteiger partial charge < -0.3 is 14.2 Å². The molecule has 6 nitrogen and oxygen atoms in total. The maximum atomic E-state index is 11.0. The van der Waals surface area contributed by atoms with Crippen molar-refractivity contribution in [3.63, 3.8) is 0 Å². The molecule has 1 atom stereocenters. The van der Waals surface area contributed by atoms with Gasteiger partial charge in [-0.15, -0.1) is 0 Å². The number of fused-ring (bicyclic) bond motifs is 3. The minimum atomic E-state index is -0.744. The van der Waals surface area contributed by atoms with Crippen LogP contribution >= 0.6 is 0 Å². The molecule has 0 bridgehead atoms. The number of aromatic nitrogens is 3.